The summed E-state index contributed by atoms with van der Waals surface area (Å²) < 4.78 is 0. The molecule has 0 saturated heterocycles. The molecule has 2 atom stereocenters. The Hall–Kier alpha value is -0.520. The fourth-order valence-electron chi connectivity index (χ4n) is 4.67. The van der Waals surface area contributed by atoms with Gasteiger partial charge in [-0.2, -0.15) is 0 Å². The number of rotatable bonds is 13. The summed E-state index contributed by atoms with van der Waals surface area (Å²) in [5.41, 5.74) is 2.32. The van der Waals surface area contributed by atoms with Crippen LogP contribution in [0, 0.1) is 17.3 Å². The SMILES string of the molecule is C=CCC/C=C(\C)CCCC(C)CC(C)CC1(CCC)CCC1. The first-order chi connectivity index (χ1) is 11.0. The molecule has 0 aromatic heterocycles. The minimum Gasteiger partial charge on any atom is -0.103 e. The average molecular weight is 319 g/mol. The smallest absolute Gasteiger partial charge is 0.0295 e. The van der Waals surface area contributed by atoms with E-state index in [1.54, 1.807) is 5.57 Å². The van der Waals surface area contributed by atoms with E-state index in [2.05, 4.69) is 40.3 Å². The van der Waals surface area contributed by atoms with Crippen LogP contribution >= 0.6 is 0 Å². The molecule has 0 N–H and O–H groups in total. The predicted molar refractivity (Wildman–Crippen MR) is 106 cm³/mol. The van der Waals surface area contributed by atoms with E-state index in [1.165, 1.54) is 70.6 Å². The van der Waals surface area contributed by atoms with Crippen molar-refractivity contribution in [1.29, 1.82) is 0 Å². The van der Waals surface area contributed by atoms with Crippen molar-refractivity contribution in [2.75, 3.05) is 0 Å². The summed E-state index contributed by atoms with van der Waals surface area (Å²) in [6, 6.07) is 0. The van der Waals surface area contributed by atoms with Gasteiger partial charge in [0.25, 0.3) is 0 Å². The number of allylic oxidation sites excluding steroid dienone is 3. The molecule has 0 radical (unpaired) electrons. The van der Waals surface area contributed by atoms with E-state index >= 15 is 0 Å². The highest BCUT2D eigenvalue weighted by atomic mass is 14.4. The first-order valence-electron chi connectivity index (χ1n) is 10.3. The van der Waals surface area contributed by atoms with Crippen LogP contribution in [0.1, 0.15) is 105 Å². The van der Waals surface area contributed by atoms with Gasteiger partial charge in [0, 0.05) is 0 Å². The molecule has 0 aromatic carbocycles. The molecule has 1 aliphatic carbocycles. The lowest BCUT2D eigenvalue weighted by atomic mass is 9.61. The fraction of sp³-hybridized carbons (Fsp3) is 0.826. The third-order valence-corrected chi connectivity index (χ3v) is 5.91. The zero-order chi connectivity index (χ0) is 17.1. The molecule has 0 nitrogen and oxygen atoms in total. The zero-order valence-corrected chi connectivity index (χ0v) is 16.5. The molecular formula is C23H42. The van der Waals surface area contributed by atoms with Crippen molar-refractivity contribution < 1.29 is 0 Å². The van der Waals surface area contributed by atoms with Crippen molar-refractivity contribution in [3.8, 4) is 0 Å². The van der Waals surface area contributed by atoms with Crippen molar-refractivity contribution in [3.63, 3.8) is 0 Å². The molecule has 0 aliphatic heterocycles. The Labute approximate surface area is 146 Å². The van der Waals surface area contributed by atoms with Crippen molar-refractivity contribution in [2.45, 2.75) is 105 Å². The second kappa shape index (κ2) is 11.1. The maximum absolute atomic E-state index is 3.79. The minimum absolute atomic E-state index is 0.748. The standard InChI is InChI=1S/C23H42/c1-6-8-9-12-20(3)13-10-14-21(4)18-22(5)19-23(15-7-2)16-11-17-23/h6,12,21-22H,1,7-11,13-19H2,2-5H3/b20-12+. The summed E-state index contributed by atoms with van der Waals surface area (Å²) in [7, 11) is 0. The maximum atomic E-state index is 3.79. The first-order valence-corrected chi connectivity index (χ1v) is 10.3. The molecule has 0 spiro atoms. The van der Waals surface area contributed by atoms with Crippen molar-refractivity contribution in [1.82, 2.24) is 0 Å². The topological polar surface area (TPSA) is 0 Å². The highest BCUT2D eigenvalue weighted by Crippen LogP contribution is 2.50. The lowest BCUT2D eigenvalue weighted by Gasteiger charge is -2.44. The van der Waals surface area contributed by atoms with Crippen LogP contribution in [0.4, 0.5) is 0 Å². The second-order valence-electron chi connectivity index (χ2n) is 8.56. The molecule has 1 saturated carbocycles. The first kappa shape index (κ1) is 20.5. The predicted octanol–water partition coefficient (Wildman–Crippen LogP) is 8.09. The van der Waals surface area contributed by atoms with Gasteiger partial charge >= 0.3 is 0 Å². The van der Waals surface area contributed by atoms with E-state index in [-0.39, 0.29) is 0 Å². The third-order valence-electron chi connectivity index (χ3n) is 5.91. The Morgan fingerprint density at radius 1 is 1.17 bits per heavy atom. The van der Waals surface area contributed by atoms with Gasteiger partial charge in [0.15, 0.2) is 0 Å². The van der Waals surface area contributed by atoms with Gasteiger partial charge < -0.3 is 0 Å². The summed E-state index contributed by atoms with van der Waals surface area (Å²) >= 11 is 0. The van der Waals surface area contributed by atoms with Gasteiger partial charge in [-0.05, 0) is 82.0 Å². The minimum atomic E-state index is 0.748. The van der Waals surface area contributed by atoms with Crippen LogP contribution in [-0.2, 0) is 0 Å². The van der Waals surface area contributed by atoms with Gasteiger partial charge in [-0.15, -0.1) is 6.58 Å². The van der Waals surface area contributed by atoms with E-state index in [9.17, 15) is 0 Å². The molecule has 0 aromatic rings. The Bertz CT molecular complexity index is 345. The fourth-order valence-corrected chi connectivity index (χ4v) is 4.67. The van der Waals surface area contributed by atoms with Gasteiger partial charge in [0.05, 0.1) is 0 Å². The average Bonchev–Trinajstić information content (AvgIpc) is 2.45. The quantitative estimate of drug-likeness (QED) is 0.238. The largest absolute Gasteiger partial charge is 0.103 e. The van der Waals surface area contributed by atoms with E-state index in [4.69, 9.17) is 0 Å². The molecule has 2 unspecified atom stereocenters. The molecule has 0 heterocycles. The molecular weight excluding hydrogens is 276 g/mol. The van der Waals surface area contributed by atoms with Crippen LogP contribution in [0.25, 0.3) is 0 Å². The van der Waals surface area contributed by atoms with Crippen molar-refractivity contribution in [3.05, 3.63) is 24.3 Å². The number of unbranched alkanes of at least 4 members (excludes halogenated alkanes) is 1. The summed E-state index contributed by atoms with van der Waals surface area (Å²) in [6.07, 6.45) is 21.0. The van der Waals surface area contributed by atoms with Crippen LogP contribution in [0.15, 0.2) is 24.3 Å². The molecule has 1 aliphatic rings. The normalized spacial score (nSPS) is 19.9. The van der Waals surface area contributed by atoms with Gasteiger partial charge in [-0.25, -0.2) is 0 Å². The third kappa shape index (κ3) is 8.23. The molecule has 0 amide bonds. The van der Waals surface area contributed by atoms with E-state index in [1.807, 2.05) is 6.08 Å². The summed E-state index contributed by atoms with van der Waals surface area (Å²) in [5.74, 6) is 1.81. The van der Waals surface area contributed by atoms with Gasteiger partial charge in [-0.3, -0.25) is 0 Å². The van der Waals surface area contributed by atoms with Crippen LogP contribution in [0.3, 0.4) is 0 Å². The maximum Gasteiger partial charge on any atom is -0.0295 e. The molecule has 23 heavy (non-hydrogen) atoms. The molecule has 1 fully saturated rings. The number of hydrogen-bond acceptors (Lipinski definition) is 0. The van der Waals surface area contributed by atoms with Crippen molar-refractivity contribution in [2.24, 2.45) is 17.3 Å². The number of hydrogen-bond donors (Lipinski definition) is 0. The van der Waals surface area contributed by atoms with Gasteiger partial charge in [-0.1, -0.05) is 57.8 Å². The summed E-state index contributed by atoms with van der Waals surface area (Å²) in [4.78, 5) is 0. The molecule has 0 heteroatoms. The highest BCUT2D eigenvalue weighted by molar-refractivity contribution is 4.98. The zero-order valence-electron chi connectivity index (χ0n) is 16.5. The molecule has 134 valence electrons. The van der Waals surface area contributed by atoms with E-state index in [0.717, 1.165) is 23.7 Å². The van der Waals surface area contributed by atoms with Crippen LogP contribution in [0.2, 0.25) is 0 Å². The Kier molecular flexibility index (Phi) is 9.91. The Balaban J connectivity index is 2.18. The van der Waals surface area contributed by atoms with Crippen LogP contribution in [0.5, 0.6) is 0 Å². The Morgan fingerprint density at radius 3 is 2.48 bits per heavy atom. The molecule has 0 bridgehead atoms. The van der Waals surface area contributed by atoms with E-state index < -0.39 is 0 Å². The lowest BCUT2D eigenvalue weighted by molar-refractivity contribution is 0.0779. The highest BCUT2D eigenvalue weighted by Gasteiger charge is 2.36. The van der Waals surface area contributed by atoms with E-state index in [0.29, 0.717) is 0 Å². The van der Waals surface area contributed by atoms with Crippen LogP contribution < -0.4 is 0 Å². The van der Waals surface area contributed by atoms with Gasteiger partial charge in [0.1, 0.15) is 0 Å². The van der Waals surface area contributed by atoms with Crippen molar-refractivity contribution >= 4 is 0 Å². The summed E-state index contributed by atoms with van der Waals surface area (Å²) in [6.45, 7) is 13.4. The van der Waals surface area contributed by atoms with Gasteiger partial charge in [0.2, 0.25) is 0 Å². The van der Waals surface area contributed by atoms with Crippen LogP contribution in [-0.4, -0.2) is 0 Å². The lowest BCUT2D eigenvalue weighted by Crippen LogP contribution is -2.31. The monoisotopic (exact) mass is 318 g/mol. The molecule has 1 rings (SSSR count). The second-order valence-corrected chi connectivity index (χ2v) is 8.56. The Morgan fingerprint density at radius 2 is 1.91 bits per heavy atom. The summed E-state index contributed by atoms with van der Waals surface area (Å²) in [5, 5.41) is 0.